The normalized spacial score (nSPS) is 24.0. The van der Waals surface area contributed by atoms with Crippen molar-refractivity contribution < 1.29 is 23.9 Å². The largest absolute Gasteiger partial charge is 0.426 e. The second-order valence-electron chi connectivity index (χ2n) is 9.20. The van der Waals surface area contributed by atoms with Gasteiger partial charge in [0.25, 0.3) is 0 Å². The Balaban J connectivity index is 1.25. The number of likely N-dealkylation sites (tertiary alicyclic amines) is 1. The van der Waals surface area contributed by atoms with Crippen molar-refractivity contribution in [3.63, 3.8) is 0 Å². The monoisotopic (exact) mass is 458 g/mol. The minimum atomic E-state index is -0.534. The van der Waals surface area contributed by atoms with E-state index in [2.05, 4.69) is 0 Å². The lowest BCUT2D eigenvalue weighted by Gasteiger charge is -2.19. The molecule has 0 N–H and O–H groups in total. The van der Waals surface area contributed by atoms with Gasteiger partial charge in [-0.25, -0.2) is 4.90 Å². The minimum Gasteiger partial charge on any atom is -0.426 e. The van der Waals surface area contributed by atoms with E-state index < -0.39 is 11.9 Å². The maximum atomic E-state index is 12.9. The second kappa shape index (κ2) is 8.89. The zero-order valence-electron chi connectivity index (χ0n) is 19.0. The number of anilines is 1. The summed E-state index contributed by atoms with van der Waals surface area (Å²) in [5.74, 6) is -1.67. The Kier molecular flexibility index (Phi) is 5.77. The molecule has 2 aromatic carbocycles. The molecule has 0 radical (unpaired) electrons. The summed E-state index contributed by atoms with van der Waals surface area (Å²) in [4.78, 5) is 53.9. The standard InChI is InChI=1S/C27H26N2O5/c1-17-13-20(11-12-23(17)29-25(31)21-9-5-6-10-22(21)26(29)32)34-27(33)19-14-24(30)28(16-19)15-18-7-3-2-4-8-18/h2-8,11-13,19,21-22H,9-10,14-16H2,1H3/t19-,21-,22+/m1/s1. The van der Waals surface area contributed by atoms with Crippen LogP contribution >= 0.6 is 0 Å². The second-order valence-corrected chi connectivity index (χ2v) is 9.20. The van der Waals surface area contributed by atoms with Crippen LogP contribution in [-0.4, -0.2) is 35.1 Å². The van der Waals surface area contributed by atoms with Crippen molar-refractivity contribution in [2.75, 3.05) is 11.4 Å². The van der Waals surface area contributed by atoms with Crippen LogP contribution in [0.5, 0.6) is 5.75 Å². The number of nitrogens with zero attached hydrogens (tertiary/aromatic N) is 2. The van der Waals surface area contributed by atoms with Gasteiger partial charge in [-0.1, -0.05) is 42.5 Å². The maximum absolute atomic E-state index is 12.9. The van der Waals surface area contributed by atoms with Gasteiger partial charge in [0, 0.05) is 19.5 Å². The molecule has 3 amide bonds. The van der Waals surface area contributed by atoms with E-state index in [4.69, 9.17) is 4.74 Å². The molecule has 5 rings (SSSR count). The Morgan fingerprint density at radius 1 is 0.971 bits per heavy atom. The number of rotatable bonds is 5. The highest BCUT2D eigenvalue weighted by atomic mass is 16.5. The van der Waals surface area contributed by atoms with E-state index in [9.17, 15) is 19.2 Å². The van der Waals surface area contributed by atoms with Gasteiger partial charge in [0.05, 0.1) is 23.4 Å². The fourth-order valence-electron chi connectivity index (χ4n) is 5.07. The summed E-state index contributed by atoms with van der Waals surface area (Å²) in [7, 11) is 0. The Morgan fingerprint density at radius 2 is 1.65 bits per heavy atom. The van der Waals surface area contributed by atoms with Crippen molar-refractivity contribution in [2.24, 2.45) is 17.8 Å². The lowest BCUT2D eigenvalue weighted by atomic mass is 9.85. The SMILES string of the molecule is Cc1cc(OC(=O)[C@@H]2CC(=O)N(Cc3ccccc3)C2)ccc1N1C(=O)[C@H]2CC=CC[C@H]2C1=O. The average Bonchev–Trinajstić information content (AvgIpc) is 3.32. The molecule has 2 aromatic rings. The van der Waals surface area contributed by atoms with Gasteiger partial charge in [0.2, 0.25) is 17.7 Å². The molecule has 3 atom stereocenters. The smallest absolute Gasteiger partial charge is 0.316 e. The van der Waals surface area contributed by atoms with Crippen LogP contribution in [0.15, 0.2) is 60.7 Å². The Morgan fingerprint density at radius 3 is 2.29 bits per heavy atom. The van der Waals surface area contributed by atoms with Gasteiger partial charge < -0.3 is 9.64 Å². The summed E-state index contributed by atoms with van der Waals surface area (Å²) in [5.41, 5.74) is 2.21. The van der Waals surface area contributed by atoms with Crippen LogP contribution in [0.1, 0.15) is 30.4 Å². The first kappa shape index (κ1) is 22.1. The van der Waals surface area contributed by atoms with E-state index >= 15 is 0 Å². The van der Waals surface area contributed by atoms with Crippen LogP contribution in [0.4, 0.5) is 5.69 Å². The number of allylic oxidation sites excluding steroid dienone is 2. The third-order valence-electron chi connectivity index (χ3n) is 6.90. The first-order chi connectivity index (χ1) is 16.4. The summed E-state index contributed by atoms with van der Waals surface area (Å²) < 4.78 is 5.58. The van der Waals surface area contributed by atoms with Gasteiger partial charge in [-0.15, -0.1) is 0 Å². The Bertz CT molecular complexity index is 1160. The molecule has 0 aromatic heterocycles. The third-order valence-corrected chi connectivity index (χ3v) is 6.90. The average molecular weight is 459 g/mol. The highest BCUT2D eigenvalue weighted by Gasteiger charge is 2.48. The van der Waals surface area contributed by atoms with Crippen molar-refractivity contribution in [3.8, 4) is 5.75 Å². The van der Waals surface area contributed by atoms with Crippen LogP contribution in [0, 0.1) is 24.7 Å². The van der Waals surface area contributed by atoms with E-state index in [0.29, 0.717) is 42.9 Å². The summed E-state index contributed by atoms with van der Waals surface area (Å²) in [6.45, 7) is 2.57. The minimum absolute atomic E-state index is 0.0700. The van der Waals surface area contributed by atoms with Crippen LogP contribution in [0.25, 0.3) is 0 Å². The number of amides is 3. The van der Waals surface area contributed by atoms with Crippen molar-refractivity contribution in [3.05, 3.63) is 71.8 Å². The van der Waals surface area contributed by atoms with Gasteiger partial charge in [-0.3, -0.25) is 19.2 Å². The quantitative estimate of drug-likeness (QED) is 0.297. The number of benzene rings is 2. The van der Waals surface area contributed by atoms with Gasteiger partial charge in [0.15, 0.2) is 0 Å². The number of carbonyl (C=O) groups excluding carboxylic acids is 4. The number of hydrogen-bond donors (Lipinski definition) is 0. The van der Waals surface area contributed by atoms with E-state index in [1.54, 1.807) is 30.0 Å². The number of aryl methyl sites for hydroxylation is 1. The van der Waals surface area contributed by atoms with Crippen molar-refractivity contribution in [2.45, 2.75) is 32.7 Å². The molecule has 2 saturated heterocycles. The van der Waals surface area contributed by atoms with Crippen LogP contribution in [0.3, 0.4) is 0 Å². The number of imide groups is 1. The zero-order chi connectivity index (χ0) is 23.8. The van der Waals surface area contributed by atoms with E-state index in [-0.39, 0.29) is 36.0 Å². The first-order valence-electron chi connectivity index (χ1n) is 11.6. The molecule has 174 valence electrons. The molecule has 0 bridgehead atoms. The fourth-order valence-corrected chi connectivity index (χ4v) is 5.07. The molecule has 1 aliphatic carbocycles. The third kappa shape index (κ3) is 4.02. The van der Waals surface area contributed by atoms with E-state index in [1.807, 2.05) is 42.5 Å². The number of carbonyl (C=O) groups is 4. The first-order valence-corrected chi connectivity index (χ1v) is 11.6. The van der Waals surface area contributed by atoms with Crippen molar-refractivity contribution in [1.82, 2.24) is 4.90 Å². The summed E-state index contributed by atoms with van der Waals surface area (Å²) in [6.07, 6.45) is 5.21. The molecule has 2 fully saturated rings. The zero-order valence-corrected chi connectivity index (χ0v) is 19.0. The van der Waals surface area contributed by atoms with Crippen LogP contribution < -0.4 is 9.64 Å². The van der Waals surface area contributed by atoms with Gasteiger partial charge >= 0.3 is 5.97 Å². The summed E-state index contributed by atoms with van der Waals surface area (Å²) >= 11 is 0. The molecule has 0 spiro atoms. The maximum Gasteiger partial charge on any atom is 0.316 e. The van der Waals surface area contributed by atoms with Crippen LogP contribution in [0.2, 0.25) is 0 Å². The predicted octanol–water partition coefficient (Wildman–Crippen LogP) is 3.40. The number of hydrogen-bond acceptors (Lipinski definition) is 5. The van der Waals surface area contributed by atoms with Gasteiger partial charge in [-0.2, -0.15) is 0 Å². The predicted molar refractivity (Wildman–Crippen MR) is 125 cm³/mol. The van der Waals surface area contributed by atoms with E-state index in [1.165, 1.54) is 4.90 Å². The fraction of sp³-hybridized carbons (Fsp3) is 0.333. The number of ether oxygens (including phenoxy) is 1. The molecule has 0 saturated carbocycles. The summed E-state index contributed by atoms with van der Waals surface area (Å²) in [5, 5.41) is 0. The van der Waals surface area contributed by atoms with Crippen molar-refractivity contribution >= 4 is 29.4 Å². The van der Waals surface area contributed by atoms with Crippen molar-refractivity contribution in [1.29, 1.82) is 0 Å². The van der Waals surface area contributed by atoms with E-state index in [0.717, 1.165) is 5.56 Å². The number of fused-ring (bicyclic) bond motifs is 1. The molecule has 7 heteroatoms. The van der Waals surface area contributed by atoms with Gasteiger partial charge in [0.1, 0.15) is 5.75 Å². The molecule has 7 nitrogen and oxygen atoms in total. The van der Waals surface area contributed by atoms with Crippen LogP contribution in [-0.2, 0) is 25.7 Å². The lowest BCUT2D eigenvalue weighted by molar-refractivity contribution is -0.139. The molecular formula is C27H26N2O5. The Hall–Kier alpha value is -3.74. The summed E-state index contributed by atoms with van der Waals surface area (Å²) in [6, 6.07) is 14.6. The highest BCUT2D eigenvalue weighted by molar-refractivity contribution is 6.22. The number of esters is 1. The molecule has 3 aliphatic rings. The topological polar surface area (TPSA) is 84.0 Å². The van der Waals surface area contributed by atoms with Gasteiger partial charge in [-0.05, 0) is 49.1 Å². The molecule has 2 aliphatic heterocycles. The lowest BCUT2D eigenvalue weighted by Crippen LogP contribution is -2.31. The molecule has 0 unspecified atom stereocenters. The molecule has 34 heavy (non-hydrogen) atoms. The Labute approximate surface area is 198 Å². The highest BCUT2D eigenvalue weighted by Crippen LogP contribution is 2.39. The molecular weight excluding hydrogens is 432 g/mol. The molecule has 2 heterocycles.